The fourth-order valence-electron chi connectivity index (χ4n) is 1.90. The van der Waals surface area contributed by atoms with Crippen LogP contribution in [0.2, 0.25) is 0 Å². The average molecular weight is 381 g/mol. The molecule has 0 aliphatic rings. The second kappa shape index (κ2) is 7.26. The number of alkyl halides is 6. The Morgan fingerprint density at radius 3 is 2.40 bits per heavy atom. The molecule has 1 heterocycles. The van der Waals surface area contributed by atoms with Crippen molar-refractivity contribution in [2.45, 2.75) is 18.5 Å². The molecule has 0 amide bonds. The highest BCUT2D eigenvalue weighted by Gasteiger charge is 2.48. The largest absolute Gasteiger partial charge is 0.445 e. The van der Waals surface area contributed by atoms with Gasteiger partial charge >= 0.3 is 18.3 Å². The van der Waals surface area contributed by atoms with Gasteiger partial charge in [-0.1, -0.05) is 18.2 Å². The molecule has 0 fully saturated rings. The topological polar surface area (TPSA) is 39.2 Å². The van der Waals surface area contributed by atoms with Gasteiger partial charge in [0.05, 0.1) is 16.8 Å². The van der Waals surface area contributed by atoms with Gasteiger partial charge in [0.15, 0.2) is 0 Å². The molecule has 10 heteroatoms. The minimum Gasteiger partial charge on any atom is -0.445 e. The van der Waals surface area contributed by atoms with E-state index in [4.69, 9.17) is 0 Å². The zero-order valence-electron chi connectivity index (χ0n) is 12.1. The summed E-state index contributed by atoms with van der Waals surface area (Å²) in [6.07, 6.45) is -11.5. The third-order valence-electron chi connectivity index (χ3n) is 2.92. The maximum atomic E-state index is 13.2. The van der Waals surface area contributed by atoms with E-state index in [2.05, 4.69) is 9.72 Å². The molecule has 25 heavy (non-hydrogen) atoms. The lowest BCUT2D eigenvalue weighted by molar-refractivity contribution is -0.223. The SMILES string of the molecule is O=C(/C=C/c1cscn1)O[C@@H](c1ccccc1C(F)(F)F)C(F)(F)F. The van der Waals surface area contributed by atoms with E-state index in [9.17, 15) is 31.1 Å². The highest BCUT2D eigenvalue weighted by molar-refractivity contribution is 7.07. The molecule has 134 valence electrons. The third-order valence-corrected chi connectivity index (χ3v) is 3.53. The van der Waals surface area contributed by atoms with Crippen molar-refractivity contribution in [1.82, 2.24) is 4.98 Å². The van der Waals surface area contributed by atoms with E-state index in [0.717, 1.165) is 18.2 Å². The van der Waals surface area contributed by atoms with Gasteiger partial charge in [-0.2, -0.15) is 26.3 Å². The summed E-state index contributed by atoms with van der Waals surface area (Å²) in [4.78, 5) is 15.4. The van der Waals surface area contributed by atoms with E-state index >= 15 is 0 Å². The molecule has 3 nitrogen and oxygen atoms in total. The summed E-state index contributed by atoms with van der Waals surface area (Å²) >= 11 is 1.19. The van der Waals surface area contributed by atoms with Gasteiger partial charge in [-0.05, 0) is 12.1 Å². The van der Waals surface area contributed by atoms with Crippen LogP contribution < -0.4 is 0 Å². The van der Waals surface area contributed by atoms with E-state index in [-0.39, 0.29) is 0 Å². The third kappa shape index (κ3) is 5.05. The molecule has 1 atom stereocenters. The molecular formula is C15H9F6NO2S. The summed E-state index contributed by atoms with van der Waals surface area (Å²) in [6, 6.07) is 3.07. The first-order chi connectivity index (χ1) is 11.6. The molecule has 0 spiro atoms. The van der Waals surface area contributed by atoms with Gasteiger partial charge in [-0.3, -0.25) is 0 Å². The number of ether oxygens (including phenoxy) is 1. The van der Waals surface area contributed by atoms with Crippen LogP contribution in [-0.4, -0.2) is 17.1 Å². The lowest BCUT2D eigenvalue weighted by Crippen LogP contribution is -2.28. The van der Waals surface area contributed by atoms with Crippen LogP contribution in [0.25, 0.3) is 6.08 Å². The fraction of sp³-hybridized carbons (Fsp3) is 0.200. The Balaban J connectivity index is 2.31. The molecule has 1 aromatic heterocycles. The van der Waals surface area contributed by atoms with Crippen LogP contribution in [-0.2, 0) is 15.7 Å². The molecule has 0 unspecified atom stereocenters. The van der Waals surface area contributed by atoms with Crippen molar-refractivity contribution < 1.29 is 35.9 Å². The zero-order valence-corrected chi connectivity index (χ0v) is 13.0. The molecule has 0 N–H and O–H groups in total. The second-order valence-corrected chi connectivity index (χ2v) is 5.41. The lowest BCUT2D eigenvalue weighted by atomic mass is 10.0. The van der Waals surface area contributed by atoms with Crippen LogP contribution in [0.3, 0.4) is 0 Å². The Labute approximate surface area is 141 Å². The van der Waals surface area contributed by atoms with Crippen molar-refractivity contribution in [2.24, 2.45) is 0 Å². The lowest BCUT2D eigenvalue weighted by Gasteiger charge is -2.23. The van der Waals surface area contributed by atoms with Crippen LogP contribution in [0.5, 0.6) is 0 Å². The van der Waals surface area contributed by atoms with Crippen molar-refractivity contribution >= 4 is 23.4 Å². The Morgan fingerprint density at radius 1 is 1.16 bits per heavy atom. The molecule has 0 saturated heterocycles. The number of carbonyl (C=O) groups excluding carboxylic acids is 1. The highest BCUT2D eigenvalue weighted by atomic mass is 32.1. The molecule has 0 aliphatic carbocycles. The number of rotatable bonds is 4. The van der Waals surface area contributed by atoms with Crippen molar-refractivity contribution in [2.75, 3.05) is 0 Å². The number of benzene rings is 1. The summed E-state index contributed by atoms with van der Waals surface area (Å²) in [5, 5.41) is 1.52. The van der Waals surface area contributed by atoms with Gasteiger partial charge in [0, 0.05) is 17.0 Å². The first kappa shape index (κ1) is 19.0. The molecule has 0 aliphatic heterocycles. The van der Waals surface area contributed by atoms with Crippen LogP contribution in [0.1, 0.15) is 22.9 Å². The van der Waals surface area contributed by atoms with Gasteiger partial charge in [0.25, 0.3) is 0 Å². The van der Waals surface area contributed by atoms with Gasteiger partial charge in [0.1, 0.15) is 0 Å². The number of halogens is 6. The summed E-state index contributed by atoms with van der Waals surface area (Å²) in [6.45, 7) is 0. The average Bonchev–Trinajstić information content (AvgIpc) is 3.02. The number of thiazole rings is 1. The Hall–Kier alpha value is -2.36. The maximum absolute atomic E-state index is 13.2. The van der Waals surface area contributed by atoms with E-state index < -0.39 is 35.6 Å². The van der Waals surface area contributed by atoms with Crippen LogP contribution in [0.15, 0.2) is 41.2 Å². The first-order valence-corrected chi connectivity index (χ1v) is 7.53. The minimum absolute atomic E-state index is 0.307. The quantitative estimate of drug-likeness (QED) is 0.424. The van der Waals surface area contributed by atoms with E-state index in [0.29, 0.717) is 23.9 Å². The van der Waals surface area contributed by atoms with Crippen molar-refractivity contribution in [3.63, 3.8) is 0 Å². The summed E-state index contributed by atoms with van der Waals surface area (Å²) in [5.74, 6) is -1.44. The van der Waals surface area contributed by atoms with Gasteiger partial charge in [-0.15, -0.1) is 11.3 Å². The first-order valence-electron chi connectivity index (χ1n) is 6.59. The highest BCUT2D eigenvalue weighted by Crippen LogP contribution is 2.42. The van der Waals surface area contributed by atoms with E-state index in [1.54, 1.807) is 0 Å². The molecule has 2 rings (SSSR count). The molecular weight excluding hydrogens is 372 g/mol. The zero-order chi connectivity index (χ0) is 18.7. The molecule has 2 aromatic rings. The Bertz CT molecular complexity index is 752. The van der Waals surface area contributed by atoms with Crippen LogP contribution in [0.4, 0.5) is 26.3 Å². The molecule has 0 bridgehead atoms. The van der Waals surface area contributed by atoms with Crippen LogP contribution >= 0.6 is 11.3 Å². The second-order valence-electron chi connectivity index (χ2n) is 4.69. The van der Waals surface area contributed by atoms with Crippen molar-refractivity contribution in [1.29, 1.82) is 0 Å². The van der Waals surface area contributed by atoms with Gasteiger partial charge in [-0.25, -0.2) is 9.78 Å². The molecule has 1 aromatic carbocycles. The normalized spacial score (nSPS) is 13.8. The number of nitrogens with zero attached hydrogens (tertiary/aromatic N) is 1. The van der Waals surface area contributed by atoms with Crippen molar-refractivity contribution in [3.05, 3.63) is 58.1 Å². The van der Waals surface area contributed by atoms with Gasteiger partial charge in [0.2, 0.25) is 6.10 Å². The standard InChI is InChI=1S/C15H9F6NO2S/c16-14(17,18)11-4-2-1-3-10(11)13(15(19,20)21)24-12(23)6-5-9-7-25-8-22-9/h1-8,13H/b6-5+/t13-/m0/s1. The Morgan fingerprint density at radius 2 is 1.84 bits per heavy atom. The Kier molecular flexibility index (Phi) is 5.51. The van der Waals surface area contributed by atoms with E-state index in [1.165, 1.54) is 22.2 Å². The van der Waals surface area contributed by atoms with E-state index in [1.807, 2.05) is 0 Å². The van der Waals surface area contributed by atoms with Crippen molar-refractivity contribution in [3.8, 4) is 0 Å². The number of hydrogen-bond acceptors (Lipinski definition) is 4. The monoisotopic (exact) mass is 381 g/mol. The maximum Gasteiger partial charge on any atom is 0.429 e. The number of aromatic nitrogens is 1. The predicted octanol–water partition coefficient (Wildman–Crippen LogP) is 5.02. The summed E-state index contributed by atoms with van der Waals surface area (Å²) in [5.41, 5.74) is -0.962. The number of hydrogen-bond donors (Lipinski definition) is 0. The molecule has 0 saturated carbocycles. The summed E-state index contributed by atoms with van der Waals surface area (Å²) < 4.78 is 82.6. The van der Waals surface area contributed by atoms with Gasteiger partial charge < -0.3 is 4.74 Å². The fourth-order valence-corrected chi connectivity index (χ4v) is 2.43. The predicted molar refractivity (Wildman–Crippen MR) is 77.5 cm³/mol. The summed E-state index contributed by atoms with van der Waals surface area (Å²) in [7, 11) is 0. The molecule has 0 radical (unpaired) electrons. The smallest absolute Gasteiger partial charge is 0.429 e. The number of esters is 1. The van der Waals surface area contributed by atoms with Crippen LogP contribution in [0, 0.1) is 0 Å². The number of carbonyl (C=O) groups is 1. The minimum atomic E-state index is -5.22.